The van der Waals surface area contributed by atoms with E-state index in [9.17, 15) is 0 Å². The summed E-state index contributed by atoms with van der Waals surface area (Å²) in [5.74, 6) is 1.05. The molecule has 0 aromatic carbocycles. The number of hydrogen-bond donors (Lipinski definition) is 0. The molecule has 1 rings (SSSR count). The van der Waals surface area contributed by atoms with Crippen LogP contribution in [0.2, 0.25) is 0 Å². The summed E-state index contributed by atoms with van der Waals surface area (Å²) < 4.78 is 2.07. The molecule has 0 aliphatic carbocycles. The zero-order valence-corrected chi connectivity index (χ0v) is 5.47. The molecule has 1 heterocycles. The van der Waals surface area contributed by atoms with Crippen molar-refractivity contribution in [2.45, 2.75) is 0 Å². The van der Waals surface area contributed by atoms with Crippen molar-refractivity contribution in [1.82, 2.24) is 4.31 Å². The Morgan fingerprint density at radius 1 is 1.86 bits per heavy atom. The van der Waals surface area contributed by atoms with Crippen LogP contribution in [0.15, 0.2) is 11.6 Å². The van der Waals surface area contributed by atoms with Crippen LogP contribution in [0, 0.1) is 6.26 Å². The minimum Gasteiger partial charge on any atom is -0.312 e. The highest BCUT2D eigenvalue weighted by Gasteiger charge is 1.99. The lowest BCUT2D eigenvalue weighted by molar-refractivity contribution is 0.764. The van der Waals surface area contributed by atoms with Crippen molar-refractivity contribution in [3.05, 3.63) is 17.9 Å². The molecule has 1 aliphatic heterocycles. The van der Waals surface area contributed by atoms with Gasteiger partial charge in [0.25, 0.3) is 0 Å². The van der Waals surface area contributed by atoms with Gasteiger partial charge in [-0.25, -0.2) is 0 Å². The number of rotatable bonds is 1. The zero-order chi connectivity index (χ0) is 5.11. The van der Waals surface area contributed by atoms with Crippen LogP contribution in [0.4, 0.5) is 0 Å². The predicted molar refractivity (Wildman–Crippen MR) is 36.4 cm³/mol. The lowest BCUT2D eigenvalue weighted by atomic mass is 11.0. The molecule has 7 heavy (non-hydrogen) atoms. The third-order valence-electron chi connectivity index (χ3n) is 0.691. The lowest BCUT2D eigenvalue weighted by Crippen LogP contribution is -1.98. The summed E-state index contributed by atoms with van der Waals surface area (Å²) in [6.45, 7) is 0. The molecule has 0 saturated heterocycles. The number of thioether (sulfide) groups is 1. The van der Waals surface area contributed by atoms with Crippen molar-refractivity contribution < 1.29 is 0 Å². The van der Waals surface area contributed by atoms with Crippen molar-refractivity contribution >= 4 is 23.7 Å². The van der Waals surface area contributed by atoms with Gasteiger partial charge in [-0.05, 0) is 17.4 Å². The second kappa shape index (κ2) is 2.52. The molecule has 1 radical (unpaired) electrons. The molecular formula is C4H6NS2. The summed E-state index contributed by atoms with van der Waals surface area (Å²) in [7, 11) is 0. The fourth-order valence-corrected chi connectivity index (χ4v) is 1.61. The lowest BCUT2D eigenvalue weighted by Gasteiger charge is -2.06. The van der Waals surface area contributed by atoms with Crippen LogP contribution < -0.4 is 0 Å². The molecule has 3 heteroatoms. The van der Waals surface area contributed by atoms with Crippen molar-refractivity contribution in [3.8, 4) is 0 Å². The quantitative estimate of drug-likeness (QED) is 0.502. The Bertz CT molecular complexity index is 81.8. The second-order valence-electron chi connectivity index (χ2n) is 1.13. The van der Waals surface area contributed by atoms with Gasteiger partial charge in [0.15, 0.2) is 0 Å². The van der Waals surface area contributed by atoms with Crippen LogP contribution in [0.25, 0.3) is 0 Å². The maximum Gasteiger partial charge on any atom is 0.0785 e. The molecule has 1 aliphatic rings. The van der Waals surface area contributed by atoms with Crippen LogP contribution in [-0.4, -0.2) is 10.2 Å². The van der Waals surface area contributed by atoms with Crippen LogP contribution in [-0.2, 0) is 0 Å². The molecule has 1 nitrogen and oxygen atoms in total. The monoisotopic (exact) mass is 132 g/mol. The second-order valence-corrected chi connectivity index (χ2v) is 2.72. The maximum absolute atomic E-state index is 3.65. The summed E-state index contributed by atoms with van der Waals surface area (Å²) in [4.78, 5) is 0. The van der Waals surface area contributed by atoms with Gasteiger partial charge in [0, 0.05) is 12.5 Å². The Balaban J connectivity index is 2.28. The normalized spacial score (nSPS) is 18.7. The van der Waals surface area contributed by atoms with Crippen LogP contribution in [0.3, 0.4) is 0 Å². The van der Waals surface area contributed by atoms with Crippen LogP contribution in [0.1, 0.15) is 0 Å². The molecule has 0 amide bonds. The molecule has 0 N–H and O–H groups in total. The van der Waals surface area contributed by atoms with Gasteiger partial charge < -0.3 is 4.31 Å². The van der Waals surface area contributed by atoms with Gasteiger partial charge >= 0.3 is 0 Å². The molecule has 0 saturated carbocycles. The fourth-order valence-electron chi connectivity index (χ4n) is 0.351. The first-order chi connectivity index (χ1) is 3.43. The fraction of sp³-hybridized carbons (Fsp3) is 0.250. The summed E-state index contributed by atoms with van der Waals surface area (Å²) >= 11 is 3.30. The Kier molecular flexibility index (Phi) is 1.94. The van der Waals surface area contributed by atoms with Gasteiger partial charge in [-0.2, -0.15) is 0 Å². The Morgan fingerprint density at radius 3 is 3.00 bits per heavy atom. The highest BCUT2D eigenvalue weighted by Crippen LogP contribution is 2.21. The highest BCUT2D eigenvalue weighted by atomic mass is 32.2. The van der Waals surface area contributed by atoms with E-state index in [4.69, 9.17) is 0 Å². The third-order valence-corrected chi connectivity index (χ3v) is 2.18. The van der Waals surface area contributed by atoms with E-state index in [1.54, 1.807) is 11.8 Å². The van der Waals surface area contributed by atoms with Gasteiger partial charge in [0.2, 0.25) is 0 Å². The minimum absolute atomic E-state index is 1.05. The molecule has 0 aromatic rings. The molecular weight excluding hydrogens is 126 g/mol. The third kappa shape index (κ3) is 1.31. The van der Waals surface area contributed by atoms with Crippen LogP contribution >= 0.6 is 23.7 Å². The van der Waals surface area contributed by atoms with Gasteiger partial charge in [-0.3, -0.25) is 0 Å². The topological polar surface area (TPSA) is 3.24 Å². The standard InChI is InChI=1S/C4H6NS2/c1-6-5-2-3-7-4-5/h2-3H,1,4H2. The molecule has 0 bridgehead atoms. The number of nitrogens with zero attached hydrogens (tertiary/aromatic N) is 1. The first-order valence-corrected chi connectivity index (χ1v) is 3.89. The van der Waals surface area contributed by atoms with E-state index in [0.717, 1.165) is 5.88 Å². The Labute approximate surface area is 52.3 Å². The Morgan fingerprint density at radius 2 is 2.71 bits per heavy atom. The molecule has 0 fully saturated rings. The van der Waals surface area contributed by atoms with E-state index >= 15 is 0 Å². The average Bonchev–Trinajstić information content (AvgIpc) is 2.14. The predicted octanol–water partition coefficient (Wildman–Crippen LogP) is 1.90. The van der Waals surface area contributed by atoms with Gasteiger partial charge in [-0.15, -0.1) is 11.8 Å². The largest absolute Gasteiger partial charge is 0.312 e. The Hall–Kier alpha value is 0.240. The van der Waals surface area contributed by atoms with Gasteiger partial charge in [-0.1, -0.05) is 0 Å². The summed E-state index contributed by atoms with van der Waals surface area (Å²) in [5.41, 5.74) is 0. The van der Waals surface area contributed by atoms with Gasteiger partial charge in [0.05, 0.1) is 5.88 Å². The summed E-state index contributed by atoms with van der Waals surface area (Å²) in [5, 5.41) is 2.07. The van der Waals surface area contributed by atoms with E-state index in [0.29, 0.717) is 0 Å². The van der Waals surface area contributed by atoms with Crippen molar-refractivity contribution in [3.63, 3.8) is 0 Å². The molecule has 39 valence electrons. The van der Waals surface area contributed by atoms with Crippen LogP contribution in [0.5, 0.6) is 0 Å². The van der Waals surface area contributed by atoms with E-state index in [-0.39, 0.29) is 0 Å². The van der Waals surface area contributed by atoms with Gasteiger partial charge in [0.1, 0.15) is 0 Å². The average molecular weight is 132 g/mol. The molecule has 0 spiro atoms. The summed E-state index contributed by atoms with van der Waals surface area (Å²) in [6, 6.07) is 0. The van der Waals surface area contributed by atoms with E-state index in [1.165, 1.54) is 11.9 Å². The zero-order valence-electron chi connectivity index (χ0n) is 3.83. The smallest absolute Gasteiger partial charge is 0.0785 e. The summed E-state index contributed by atoms with van der Waals surface area (Å²) in [6.07, 6.45) is 5.68. The number of hydrogen-bond acceptors (Lipinski definition) is 3. The van der Waals surface area contributed by atoms with Crippen molar-refractivity contribution in [1.29, 1.82) is 0 Å². The van der Waals surface area contributed by atoms with E-state index in [2.05, 4.69) is 16.0 Å². The maximum atomic E-state index is 3.65. The first kappa shape index (κ1) is 5.38. The highest BCUT2D eigenvalue weighted by molar-refractivity contribution is 8.04. The first-order valence-electron chi connectivity index (χ1n) is 1.90. The molecule has 0 aromatic heterocycles. The molecule has 0 atom stereocenters. The minimum atomic E-state index is 1.05. The molecule has 0 unspecified atom stereocenters. The van der Waals surface area contributed by atoms with Crippen molar-refractivity contribution in [2.24, 2.45) is 0 Å². The SMILES string of the molecule is [CH2]SN1C=CSC1. The van der Waals surface area contributed by atoms with Crippen molar-refractivity contribution in [2.75, 3.05) is 5.88 Å². The van der Waals surface area contributed by atoms with E-state index < -0.39 is 0 Å². The van der Waals surface area contributed by atoms with E-state index in [1.807, 2.05) is 6.20 Å².